The average molecular weight is 491 g/mol. The van der Waals surface area contributed by atoms with Gasteiger partial charge in [-0.3, -0.25) is 9.59 Å². The second-order valence-corrected chi connectivity index (χ2v) is 8.69. The van der Waals surface area contributed by atoms with Crippen LogP contribution in [0.4, 0.5) is 0 Å². The van der Waals surface area contributed by atoms with Gasteiger partial charge in [-0.1, -0.05) is 41.4 Å². The van der Waals surface area contributed by atoms with Gasteiger partial charge in [0.25, 0.3) is 0 Å². The molecular formula is C23H20Cl2N2O4S. The summed E-state index contributed by atoms with van der Waals surface area (Å²) < 4.78 is 10.3. The van der Waals surface area contributed by atoms with E-state index in [-0.39, 0.29) is 5.57 Å². The maximum Gasteiger partial charge on any atom is 0.319 e. The third-order valence-corrected chi connectivity index (χ3v) is 6.53. The maximum absolute atomic E-state index is 12.9. The number of amides is 1. The van der Waals surface area contributed by atoms with Gasteiger partial charge in [0.1, 0.15) is 11.7 Å². The number of allylic oxidation sites excluding steroid dienone is 1. The van der Waals surface area contributed by atoms with Gasteiger partial charge in [0.15, 0.2) is 0 Å². The van der Waals surface area contributed by atoms with Crippen molar-refractivity contribution in [3.05, 3.63) is 74.2 Å². The molecular weight excluding hydrogens is 471 g/mol. The number of esters is 1. The largest absolute Gasteiger partial charge is 0.492 e. The highest BCUT2D eigenvalue weighted by molar-refractivity contribution is 8.02. The number of hydrogen-bond donors (Lipinski definition) is 1. The van der Waals surface area contributed by atoms with Crippen molar-refractivity contribution in [2.45, 2.75) is 18.6 Å². The highest BCUT2D eigenvalue weighted by atomic mass is 35.5. The molecule has 0 aromatic heterocycles. The summed E-state index contributed by atoms with van der Waals surface area (Å²) in [5.74, 6) is -2.35. The van der Waals surface area contributed by atoms with Crippen LogP contribution in [0.15, 0.2) is 53.1 Å². The summed E-state index contributed by atoms with van der Waals surface area (Å²) >= 11 is 13.6. The monoisotopic (exact) mass is 490 g/mol. The first kappa shape index (κ1) is 24.0. The number of methoxy groups -OCH3 is 1. The van der Waals surface area contributed by atoms with Crippen LogP contribution in [0.3, 0.4) is 0 Å². The molecule has 6 nitrogen and oxygen atoms in total. The Morgan fingerprint density at radius 1 is 1.22 bits per heavy atom. The lowest BCUT2D eigenvalue weighted by molar-refractivity contribution is -0.150. The van der Waals surface area contributed by atoms with E-state index in [1.54, 1.807) is 30.3 Å². The summed E-state index contributed by atoms with van der Waals surface area (Å²) in [6.07, 6.45) is 0. The van der Waals surface area contributed by atoms with E-state index in [2.05, 4.69) is 11.4 Å². The van der Waals surface area contributed by atoms with E-state index in [4.69, 9.17) is 32.7 Å². The highest BCUT2D eigenvalue weighted by Gasteiger charge is 2.44. The van der Waals surface area contributed by atoms with Gasteiger partial charge in [-0.15, -0.1) is 11.8 Å². The number of nitriles is 1. The summed E-state index contributed by atoms with van der Waals surface area (Å²) in [6.45, 7) is 2.27. The number of rotatable bonds is 7. The van der Waals surface area contributed by atoms with Gasteiger partial charge < -0.3 is 14.8 Å². The molecule has 166 valence electrons. The van der Waals surface area contributed by atoms with E-state index >= 15 is 0 Å². The van der Waals surface area contributed by atoms with Gasteiger partial charge in [0.2, 0.25) is 5.91 Å². The molecule has 32 heavy (non-hydrogen) atoms. The standard InChI is InChI=1S/C23H20Cl2N2O4S/c1-3-31-18-9-6-14(10-17(18)25)19-16(11-26)22(27-21(28)20(19)23(29)30-2)32-12-13-4-7-15(24)8-5-13/h4-10,19-20H,3,12H2,1-2H3,(H,27,28)/t19-,20-/m1/s1. The van der Waals surface area contributed by atoms with Crippen LogP contribution < -0.4 is 10.1 Å². The Kier molecular flexibility index (Phi) is 8.08. The van der Waals surface area contributed by atoms with E-state index in [9.17, 15) is 14.9 Å². The fourth-order valence-corrected chi connectivity index (χ4v) is 4.77. The van der Waals surface area contributed by atoms with Crippen molar-refractivity contribution in [2.75, 3.05) is 13.7 Å². The van der Waals surface area contributed by atoms with Crippen LogP contribution >= 0.6 is 35.0 Å². The zero-order valence-corrected chi connectivity index (χ0v) is 19.7. The molecule has 1 aliphatic rings. The van der Waals surface area contributed by atoms with Gasteiger partial charge in [-0.2, -0.15) is 5.26 Å². The van der Waals surface area contributed by atoms with Crippen LogP contribution in [0.2, 0.25) is 10.0 Å². The van der Waals surface area contributed by atoms with Crippen LogP contribution in [-0.4, -0.2) is 25.6 Å². The molecule has 2 aromatic carbocycles. The molecule has 1 heterocycles. The number of ether oxygens (including phenoxy) is 2. The van der Waals surface area contributed by atoms with Gasteiger partial charge in [-0.05, 0) is 42.3 Å². The SMILES string of the molecule is CCOc1ccc([C@@H]2C(C#N)=C(SCc3ccc(Cl)cc3)NC(=O)[C@@H]2C(=O)OC)cc1Cl. The molecule has 3 rings (SSSR count). The van der Waals surface area contributed by atoms with Gasteiger partial charge in [-0.25, -0.2) is 0 Å². The van der Waals surface area contributed by atoms with Crippen molar-refractivity contribution in [1.82, 2.24) is 5.32 Å². The van der Waals surface area contributed by atoms with Gasteiger partial charge in [0.05, 0.1) is 35.4 Å². The van der Waals surface area contributed by atoms with Crippen LogP contribution in [0.5, 0.6) is 5.75 Å². The molecule has 0 fully saturated rings. The lowest BCUT2D eigenvalue weighted by atomic mass is 9.78. The second-order valence-electron chi connectivity index (χ2n) is 6.86. The van der Waals surface area contributed by atoms with E-state index in [0.29, 0.717) is 38.7 Å². The minimum atomic E-state index is -1.22. The third-order valence-electron chi connectivity index (χ3n) is 4.90. The minimum Gasteiger partial charge on any atom is -0.492 e. The lowest BCUT2D eigenvalue weighted by Gasteiger charge is -2.31. The predicted molar refractivity (Wildman–Crippen MR) is 124 cm³/mol. The van der Waals surface area contributed by atoms with Crippen LogP contribution in [0.25, 0.3) is 0 Å². The van der Waals surface area contributed by atoms with Crippen molar-refractivity contribution in [2.24, 2.45) is 5.92 Å². The average Bonchev–Trinajstić information content (AvgIpc) is 2.79. The highest BCUT2D eigenvalue weighted by Crippen LogP contribution is 2.42. The number of nitrogens with one attached hydrogen (secondary N) is 1. The van der Waals surface area contributed by atoms with Crippen molar-refractivity contribution >= 4 is 46.8 Å². The smallest absolute Gasteiger partial charge is 0.319 e. The van der Waals surface area contributed by atoms with Gasteiger partial charge in [0, 0.05) is 16.7 Å². The quantitative estimate of drug-likeness (QED) is 0.430. The number of thioether (sulfide) groups is 1. The fourth-order valence-electron chi connectivity index (χ4n) is 3.40. The van der Waals surface area contributed by atoms with Crippen molar-refractivity contribution < 1.29 is 19.1 Å². The molecule has 0 radical (unpaired) electrons. The van der Waals surface area contributed by atoms with Crippen molar-refractivity contribution in [1.29, 1.82) is 5.26 Å². The Bertz CT molecular complexity index is 1100. The molecule has 2 aromatic rings. The van der Waals surface area contributed by atoms with E-state index < -0.39 is 23.7 Å². The first-order valence-corrected chi connectivity index (χ1v) is 11.5. The van der Waals surface area contributed by atoms with Crippen LogP contribution in [0.1, 0.15) is 24.0 Å². The molecule has 1 aliphatic heterocycles. The molecule has 0 saturated heterocycles. The van der Waals surface area contributed by atoms with E-state index in [1.807, 2.05) is 19.1 Å². The molecule has 0 spiro atoms. The van der Waals surface area contributed by atoms with Crippen LogP contribution in [0, 0.1) is 17.2 Å². The number of halogens is 2. The molecule has 1 amide bonds. The normalized spacial score (nSPS) is 18.0. The maximum atomic E-state index is 12.9. The summed E-state index contributed by atoms with van der Waals surface area (Å²) in [4.78, 5) is 25.4. The molecule has 1 N–H and O–H groups in total. The number of hydrogen-bond acceptors (Lipinski definition) is 6. The Morgan fingerprint density at radius 2 is 1.94 bits per heavy atom. The predicted octanol–water partition coefficient (Wildman–Crippen LogP) is 5.06. The molecule has 0 unspecified atom stereocenters. The summed E-state index contributed by atoms with van der Waals surface area (Å²) in [5.41, 5.74) is 1.78. The molecule has 0 aliphatic carbocycles. The minimum absolute atomic E-state index is 0.263. The number of benzene rings is 2. The van der Waals surface area contributed by atoms with Crippen molar-refractivity contribution in [3.63, 3.8) is 0 Å². The summed E-state index contributed by atoms with van der Waals surface area (Å²) in [7, 11) is 1.21. The topological polar surface area (TPSA) is 88.4 Å². The van der Waals surface area contributed by atoms with E-state index in [1.165, 1.54) is 18.9 Å². The molecule has 0 saturated carbocycles. The Labute approximate surface area is 200 Å². The van der Waals surface area contributed by atoms with Crippen molar-refractivity contribution in [3.8, 4) is 11.8 Å². The summed E-state index contributed by atoms with van der Waals surface area (Å²) in [6, 6.07) is 14.4. The Hall–Kier alpha value is -2.66. The van der Waals surface area contributed by atoms with Crippen LogP contribution in [-0.2, 0) is 20.1 Å². The lowest BCUT2D eigenvalue weighted by Crippen LogP contribution is -2.44. The third kappa shape index (κ3) is 5.21. The zero-order chi connectivity index (χ0) is 23.3. The first-order valence-electron chi connectivity index (χ1n) is 9.72. The summed E-state index contributed by atoms with van der Waals surface area (Å²) in [5, 5.41) is 14.0. The second kappa shape index (κ2) is 10.8. The number of carbonyl (C=O) groups is 2. The van der Waals surface area contributed by atoms with E-state index in [0.717, 1.165) is 5.56 Å². The molecule has 2 atom stereocenters. The molecule has 9 heteroatoms. The Morgan fingerprint density at radius 3 is 2.53 bits per heavy atom. The fraction of sp³-hybridized carbons (Fsp3) is 0.261. The van der Waals surface area contributed by atoms with Gasteiger partial charge >= 0.3 is 5.97 Å². The Balaban J connectivity index is 2.03. The molecule has 0 bridgehead atoms. The first-order chi connectivity index (χ1) is 15.4. The zero-order valence-electron chi connectivity index (χ0n) is 17.4. The number of carbonyl (C=O) groups excluding carboxylic acids is 2. The number of nitrogens with zero attached hydrogens (tertiary/aromatic N) is 1.